The predicted molar refractivity (Wildman–Crippen MR) is 79.5 cm³/mol. The zero-order chi connectivity index (χ0) is 17.9. The monoisotopic (exact) mass is 376 g/mol. The molecule has 0 saturated carbocycles. The summed E-state index contributed by atoms with van der Waals surface area (Å²) >= 11 is 5.55. The minimum atomic E-state index is -4.37. The van der Waals surface area contributed by atoms with Crippen LogP contribution in [0.3, 0.4) is 0 Å². The van der Waals surface area contributed by atoms with Crippen molar-refractivity contribution in [2.24, 2.45) is 0 Å². The molecule has 0 aromatic carbocycles. The van der Waals surface area contributed by atoms with Gasteiger partial charge >= 0.3 is 19.5 Å². The van der Waals surface area contributed by atoms with Crippen molar-refractivity contribution < 1.29 is 42.8 Å². The quantitative estimate of drug-likeness (QED) is 0.167. The number of hydrogen-bond acceptors (Lipinski definition) is 9. The van der Waals surface area contributed by atoms with E-state index in [1.807, 2.05) is 0 Å². The Morgan fingerprint density at radius 1 is 1.04 bits per heavy atom. The summed E-state index contributed by atoms with van der Waals surface area (Å²) in [4.78, 5) is 32.9. The van der Waals surface area contributed by atoms with Gasteiger partial charge in [-0.05, 0) is 27.7 Å². The minimum absolute atomic E-state index is 0.000437. The molecule has 3 atom stereocenters. The number of carbonyl (C=O) groups is 2. The van der Waals surface area contributed by atoms with Crippen molar-refractivity contribution in [2.75, 3.05) is 19.8 Å². The highest BCUT2D eigenvalue weighted by atomic mass is 35.5. The number of esters is 2. The van der Waals surface area contributed by atoms with Gasteiger partial charge in [0.25, 0.3) is 0 Å². The Labute approximate surface area is 139 Å². The molecule has 0 bridgehead atoms. The van der Waals surface area contributed by atoms with Crippen molar-refractivity contribution in [1.29, 1.82) is 0 Å². The van der Waals surface area contributed by atoms with E-state index in [0.717, 1.165) is 0 Å². The fraction of sp³-hybridized carbons (Fsp3) is 0.833. The lowest BCUT2D eigenvalue weighted by molar-refractivity contribution is -0.271. The Hall–Kier alpha value is -0.700. The number of ether oxygens (including phenoxy) is 2. The Bertz CT molecular complexity index is 415. The summed E-state index contributed by atoms with van der Waals surface area (Å²) < 4.78 is 31.7. The molecule has 9 nitrogen and oxygen atoms in total. The molecule has 0 rings (SSSR count). The first-order valence-electron chi connectivity index (χ1n) is 7.02. The van der Waals surface area contributed by atoms with E-state index in [-0.39, 0.29) is 19.8 Å². The molecule has 0 aliphatic carbocycles. The molecule has 0 radical (unpaired) electrons. The van der Waals surface area contributed by atoms with Crippen molar-refractivity contribution in [1.82, 2.24) is 0 Å². The summed E-state index contributed by atoms with van der Waals surface area (Å²) in [5, 5.41) is 0. The molecule has 0 saturated heterocycles. The normalized spacial score (nSPS) is 16.2. The van der Waals surface area contributed by atoms with Crippen molar-refractivity contribution >= 4 is 31.1 Å². The molecular formula is C12H22ClO9P. The predicted octanol–water partition coefficient (Wildman–Crippen LogP) is 2.57. The third-order valence-corrected chi connectivity index (χ3v) is 4.00. The first-order chi connectivity index (χ1) is 10.8. The molecule has 0 aliphatic rings. The largest absolute Gasteiger partial charge is 0.466 e. The molecule has 0 N–H and O–H groups in total. The second kappa shape index (κ2) is 11.8. The number of hydrogen-bond donors (Lipinski definition) is 0. The van der Waals surface area contributed by atoms with E-state index in [1.54, 1.807) is 20.8 Å². The standard InChI is InChI=1S/C12H22ClO9P/c1-5-17-11(14)8-10(12(15)18-6-2)23(16,21-19-7-3)22-20-9(4)13/h9-10H,5-8H2,1-4H3. The summed E-state index contributed by atoms with van der Waals surface area (Å²) in [6.45, 7) is 6.17. The first kappa shape index (κ1) is 22.3. The van der Waals surface area contributed by atoms with Gasteiger partial charge in [0.15, 0.2) is 11.2 Å². The van der Waals surface area contributed by atoms with E-state index in [1.165, 1.54) is 6.92 Å². The van der Waals surface area contributed by atoms with Gasteiger partial charge in [-0.25, -0.2) is 9.78 Å². The Kier molecular flexibility index (Phi) is 11.4. The number of carbonyl (C=O) groups excluding carboxylic acids is 2. The van der Waals surface area contributed by atoms with Gasteiger partial charge in [-0.3, -0.25) is 14.2 Å². The van der Waals surface area contributed by atoms with Crippen LogP contribution in [0, 0.1) is 0 Å². The highest BCUT2D eigenvalue weighted by Crippen LogP contribution is 2.55. The van der Waals surface area contributed by atoms with E-state index in [0.29, 0.717) is 0 Å². The highest BCUT2D eigenvalue weighted by Gasteiger charge is 2.47. The molecule has 0 fully saturated rings. The molecule has 11 heteroatoms. The van der Waals surface area contributed by atoms with Crippen LogP contribution in [-0.2, 0) is 42.8 Å². The summed E-state index contributed by atoms with van der Waals surface area (Å²) in [5.74, 6) is -1.76. The number of halogens is 1. The molecule has 136 valence electrons. The summed E-state index contributed by atoms with van der Waals surface area (Å²) in [6.07, 6.45) is -0.600. The van der Waals surface area contributed by atoms with E-state index in [9.17, 15) is 14.2 Å². The summed E-state index contributed by atoms with van der Waals surface area (Å²) in [7, 11) is -4.37. The van der Waals surface area contributed by atoms with Gasteiger partial charge in [0.05, 0.1) is 26.2 Å². The molecule has 0 aromatic rings. The summed E-state index contributed by atoms with van der Waals surface area (Å²) in [5.41, 5.74) is -2.61. The van der Waals surface area contributed by atoms with Crippen LogP contribution >= 0.6 is 19.2 Å². The van der Waals surface area contributed by atoms with Crippen molar-refractivity contribution in [3.05, 3.63) is 0 Å². The van der Waals surface area contributed by atoms with Crippen LogP contribution in [-0.4, -0.2) is 43.0 Å². The lowest BCUT2D eigenvalue weighted by atomic mass is 10.3. The van der Waals surface area contributed by atoms with Crippen LogP contribution in [0.5, 0.6) is 0 Å². The average molecular weight is 377 g/mol. The van der Waals surface area contributed by atoms with E-state index >= 15 is 0 Å². The minimum Gasteiger partial charge on any atom is -0.466 e. The lowest BCUT2D eigenvalue weighted by Gasteiger charge is -2.23. The number of rotatable bonds is 12. The lowest BCUT2D eigenvalue weighted by Crippen LogP contribution is -2.29. The fourth-order valence-corrected chi connectivity index (χ4v) is 2.83. The molecule has 0 amide bonds. The molecule has 23 heavy (non-hydrogen) atoms. The van der Waals surface area contributed by atoms with Crippen molar-refractivity contribution in [3.63, 3.8) is 0 Å². The highest BCUT2D eigenvalue weighted by molar-refractivity contribution is 7.55. The van der Waals surface area contributed by atoms with Gasteiger partial charge in [-0.2, -0.15) is 0 Å². The Morgan fingerprint density at radius 3 is 2.13 bits per heavy atom. The maximum Gasteiger partial charge on any atom is 0.398 e. The fourth-order valence-electron chi connectivity index (χ4n) is 1.30. The SMILES string of the molecule is CCOOP(=O)(OOC(C)Cl)C(CC(=O)OCC)C(=O)OCC. The van der Waals surface area contributed by atoms with Gasteiger partial charge in [-0.15, -0.1) is 9.35 Å². The third kappa shape index (κ3) is 8.64. The third-order valence-electron chi connectivity index (χ3n) is 2.16. The summed E-state index contributed by atoms with van der Waals surface area (Å²) in [6, 6.07) is 0. The van der Waals surface area contributed by atoms with Crippen LogP contribution < -0.4 is 0 Å². The smallest absolute Gasteiger partial charge is 0.398 e. The second-order valence-corrected chi connectivity index (χ2v) is 6.63. The Morgan fingerprint density at radius 2 is 1.65 bits per heavy atom. The molecule has 0 heterocycles. The van der Waals surface area contributed by atoms with Crippen LogP contribution in [0.1, 0.15) is 34.1 Å². The molecule has 0 spiro atoms. The molecule has 0 aromatic heterocycles. The van der Waals surface area contributed by atoms with Crippen LogP contribution in [0.15, 0.2) is 0 Å². The van der Waals surface area contributed by atoms with Gasteiger partial charge in [-0.1, -0.05) is 11.6 Å². The van der Waals surface area contributed by atoms with Gasteiger partial charge < -0.3 is 9.47 Å². The number of alkyl halides is 1. The van der Waals surface area contributed by atoms with Crippen molar-refractivity contribution in [3.8, 4) is 0 Å². The Balaban J connectivity index is 5.35. The van der Waals surface area contributed by atoms with E-state index in [4.69, 9.17) is 21.1 Å². The average Bonchev–Trinajstić information content (AvgIpc) is 2.49. The van der Waals surface area contributed by atoms with Crippen LogP contribution in [0.4, 0.5) is 0 Å². The second-order valence-electron chi connectivity index (χ2n) is 4.01. The molecule has 3 unspecified atom stereocenters. The van der Waals surface area contributed by atoms with E-state index < -0.39 is 37.2 Å². The molecule has 0 aliphatic heterocycles. The molecular weight excluding hydrogens is 355 g/mol. The van der Waals surface area contributed by atoms with Gasteiger partial charge in [0.2, 0.25) is 0 Å². The van der Waals surface area contributed by atoms with Crippen LogP contribution in [0.2, 0.25) is 0 Å². The van der Waals surface area contributed by atoms with Gasteiger partial charge in [0.1, 0.15) is 0 Å². The van der Waals surface area contributed by atoms with Crippen LogP contribution in [0.25, 0.3) is 0 Å². The first-order valence-corrected chi connectivity index (χ1v) is 9.07. The van der Waals surface area contributed by atoms with Crippen molar-refractivity contribution in [2.45, 2.75) is 45.3 Å². The zero-order valence-electron chi connectivity index (χ0n) is 13.5. The topological polar surface area (TPSA) is 107 Å². The van der Waals surface area contributed by atoms with Gasteiger partial charge in [0, 0.05) is 0 Å². The zero-order valence-corrected chi connectivity index (χ0v) is 15.1. The maximum absolute atomic E-state index is 12.8. The van der Waals surface area contributed by atoms with E-state index in [2.05, 4.69) is 19.1 Å². The maximum atomic E-state index is 12.8.